The van der Waals surface area contributed by atoms with Crippen LogP contribution in [0.4, 0.5) is 11.5 Å². The van der Waals surface area contributed by atoms with Gasteiger partial charge in [0.15, 0.2) is 5.82 Å². The molecule has 1 amide bonds. The van der Waals surface area contributed by atoms with Crippen LogP contribution in [-0.2, 0) is 4.79 Å². The van der Waals surface area contributed by atoms with E-state index in [1.165, 1.54) is 5.56 Å². The maximum atomic E-state index is 12.7. The molecule has 0 saturated carbocycles. The van der Waals surface area contributed by atoms with Crippen molar-refractivity contribution in [3.63, 3.8) is 0 Å². The number of carbonyl (C=O) groups excluding carboxylic acids is 1. The molecule has 2 aromatic carbocycles. The Bertz CT molecular complexity index is 1040. The van der Waals surface area contributed by atoms with E-state index in [0.717, 1.165) is 54.4 Å². The highest BCUT2D eigenvalue weighted by molar-refractivity contribution is 6.31. The second kappa shape index (κ2) is 8.84. The lowest BCUT2D eigenvalue weighted by molar-refractivity contribution is -0.120. The maximum absolute atomic E-state index is 12.7. The van der Waals surface area contributed by atoms with Gasteiger partial charge in [-0.15, -0.1) is 0 Å². The first-order valence-corrected chi connectivity index (χ1v) is 10.6. The van der Waals surface area contributed by atoms with E-state index in [1.54, 1.807) is 12.3 Å². The van der Waals surface area contributed by atoms with Crippen LogP contribution in [0.2, 0.25) is 5.02 Å². The molecule has 1 N–H and O–H groups in total. The number of halogens is 1. The molecule has 1 saturated heterocycles. The van der Waals surface area contributed by atoms with Gasteiger partial charge in [-0.3, -0.25) is 4.79 Å². The average Bonchev–Trinajstić information content (AvgIpc) is 2.77. The van der Waals surface area contributed by atoms with Crippen LogP contribution >= 0.6 is 11.6 Å². The van der Waals surface area contributed by atoms with Gasteiger partial charge < -0.3 is 10.2 Å². The predicted molar refractivity (Wildman–Crippen MR) is 122 cm³/mol. The number of aryl methyl sites for hydroxylation is 2. The second-order valence-corrected chi connectivity index (χ2v) is 8.23. The van der Waals surface area contributed by atoms with E-state index in [4.69, 9.17) is 16.6 Å². The molecule has 6 heteroatoms. The molecular weight excluding hydrogens is 396 g/mol. The van der Waals surface area contributed by atoms with Gasteiger partial charge in [-0.1, -0.05) is 47.5 Å². The van der Waals surface area contributed by atoms with E-state index >= 15 is 0 Å². The Morgan fingerprint density at radius 2 is 1.80 bits per heavy atom. The molecule has 0 aliphatic carbocycles. The van der Waals surface area contributed by atoms with Crippen molar-refractivity contribution in [3.05, 3.63) is 70.9 Å². The van der Waals surface area contributed by atoms with Gasteiger partial charge in [0.25, 0.3) is 0 Å². The van der Waals surface area contributed by atoms with E-state index in [1.807, 2.05) is 37.3 Å². The Morgan fingerprint density at radius 1 is 1.07 bits per heavy atom. The molecular formula is C24H25ClN4O. The number of hydrogen-bond donors (Lipinski definition) is 1. The van der Waals surface area contributed by atoms with Crippen molar-refractivity contribution >= 4 is 29.0 Å². The number of rotatable bonds is 4. The minimum Gasteiger partial charge on any atom is -0.356 e. The molecule has 1 aliphatic heterocycles. The summed E-state index contributed by atoms with van der Waals surface area (Å²) in [6.07, 6.45) is 3.38. The summed E-state index contributed by atoms with van der Waals surface area (Å²) in [5, 5.41) is 3.66. The van der Waals surface area contributed by atoms with Gasteiger partial charge in [0, 0.05) is 41.5 Å². The van der Waals surface area contributed by atoms with Crippen molar-refractivity contribution in [2.45, 2.75) is 26.7 Å². The first-order valence-electron chi connectivity index (χ1n) is 10.2. The van der Waals surface area contributed by atoms with Crippen molar-refractivity contribution in [2.24, 2.45) is 5.92 Å². The molecule has 3 aromatic rings. The lowest BCUT2D eigenvalue weighted by Gasteiger charge is -2.32. The smallest absolute Gasteiger partial charge is 0.227 e. The SMILES string of the molecule is Cc1ccc(-c2nccc(N3CCC(C(=O)Nc4ccc(C)c(Cl)c4)CC3)n2)cc1. The highest BCUT2D eigenvalue weighted by Crippen LogP contribution is 2.26. The van der Waals surface area contributed by atoms with Gasteiger partial charge >= 0.3 is 0 Å². The molecule has 0 bridgehead atoms. The number of hydrogen-bond acceptors (Lipinski definition) is 4. The predicted octanol–water partition coefficient (Wildman–Crippen LogP) is 5.27. The van der Waals surface area contributed by atoms with Crippen molar-refractivity contribution in [3.8, 4) is 11.4 Å². The maximum Gasteiger partial charge on any atom is 0.227 e. The molecule has 1 fully saturated rings. The molecule has 1 aliphatic rings. The third-order valence-electron chi connectivity index (χ3n) is 5.58. The zero-order valence-corrected chi connectivity index (χ0v) is 18.0. The molecule has 0 radical (unpaired) electrons. The number of anilines is 2. The van der Waals surface area contributed by atoms with Crippen LogP contribution in [0.15, 0.2) is 54.7 Å². The van der Waals surface area contributed by atoms with Crippen LogP contribution in [-0.4, -0.2) is 29.0 Å². The fourth-order valence-electron chi connectivity index (χ4n) is 3.65. The fraction of sp³-hybridized carbons (Fsp3) is 0.292. The van der Waals surface area contributed by atoms with E-state index in [2.05, 4.69) is 34.3 Å². The number of carbonyl (C=O) groups is 1. The van der Waals surface area contributed by atoms with Gasteiger partial charge in [-0.2, -0.15) is 0 Å². The minimum absolute atomic E-state index is 0.0141. The van der Waals surface area contributed by atoms with Gasteiger partial charge in [0.05, 0.1) is 0 Å². The van der Waals surface area contributed by atoms with Crippen molar-refractivity contribution in [1.29, 1.82) is 0 Å². The number of benzene rings is 2. The van der Waals surface area contributed by atoms with E-state index in [-0.39, 0.29) is 11.8 Å². The summed E-state index contributed by atoms with van der Waals surface area (Å²) in [5.41, 5.74) is 3.96. The summed E-state index contributed by atoms with van der Waals surface area (Å²) in [7, 11) is 0. The quantitative estimate of drug-likeness (QED) is 0.624. The number of nitrogens with zero attached hydrogens (tertiary/aromatic N) is 3. The zero-order valence-electron chi connectivity index (χ0n) is 17.2. The van der Waals surface area contributed by atoms with Crippen molar-refractivity contribution in [1.82, 2.24) is 9.97 Å². The summed E-state index contributed by atoms with van der Waals surface area (Å²) < 4.78 is 0. The van der Waals surface area contributed by atoms with Crippen LogP contribution < -0.4 is 10.2 Å². The topological polar surface area (TPSA) is 58.1 Å². The fourth-order valence-corrected chi connectivity index (χ4v) is 3.83. The second-order valence-electron chi connectivity index (χ2n) is 7.82. The third kappa shape index (κ3) is 4.62. The monoisotopic (exact) mass is 420 g/mol. The first-order chi connectivity index (χ1) is 14.5. The van der Waals surface area contributed by atoms with Crippen LogP contribution in [0.3, 0.4) is 0 Å². The first kappa shape index (κ1) is 20.4. The Hall–Kier alpha value is -2.92. The summed E-state index contributed by atoms with van der Waals surface area (Å²) in [6, 6.07) is 15.8. The summed E-state index contributed by atoms with van der Waals surface area (Å²) >= 11 is 6.16. The molecule has 5 nitrogen and oxygen atoms in total. The Kier molecular flexibility index (Phi) is 6.00. The molecule has 1 aromatic heterocycles. The molecule has 0 spiro atoms. The van der Waals surface area contributed by atoms with Gasteiger partial charge in [0.2, 0.25) is 5.91 Å². The summed E-state index contributed by atoms with van der Waals surface area (Å²) in [6.45, 7) is 5.59. The summed E-state index contributed by atoms with van der Waals surface area (Å²) in [5.74, 6) is 1.67. The van der Waals surface area contributed by atoms with Gasteiger partial charge in [-0.25, -0.2) is 9.97 Å². The number of nitrogens with one attached hydrogen (secondary N) is 1. The number of amides is 1. The van der Waals surface area contributed by atoms with Crippen LogP contribution in [0.5, 0.6) is 0 Å². The standard InChI is InChI=1S/C24H25ClN4O/c1-16-3-6-18(7-4-16)23-26-12-9-22(28-23)29-13-10-19(11-14-29)24(30)27-20-8-5-17(2)21(25)15-20/h3-9,12,15,19H,10-11,13-14H2,1-2H3,(H,27,30). The zero-order chi connectivity index (χ0) is 21.1. The minimum atomic E-state index is -0.0141. The van der Waals surface area contributed by atoms with Crippen molar-refractivity contribution in [2.75, 3.05) is 23.3 Å². The van der Waals surface area contributed by atoms with Crippen LogP contribution in [0, 0.1) is 19.8 Å². The highest BCUT2D eigenvalue weighted by atomic mass is 35.5. The van der Waals surface area contributed by atoms with E-state index in [0.29, 0.717) is 5.02 Å². The Balaban J connectivity index is 1.38. The van der Waals surface area contributed by atoms with Gasteiger partial charge in [0.1, 0.15) is 5.82 Å². The molecule has 4 rings (SSSR count). The molecule has 0 unspecified atom stereocenters. The van der Waals surface area contributed by atoms with E-state index < -0.39 is 0 Å². The number of piperidine rings is 1. The highest BCUT2D eigenvalue weighted by Gasteiger charge is 2.26. The third-order valence-corrected chi connectivity index (χ3v) is 5.99. The normalized spacial score (nSPS) is 14.6. The molecule has 154 valence electrons. The Labute approximate surface area is 182 Å². The van der Waals surface area contributed by atoms with E-state index in [9.17, 15) is 4.79 Å². The van der Waals surface area contributed by atoms with Crippen LogP contribution in [0.25, 0.3) is 11.4 Å². The molecule has 30 heavy (non-hydrogen) atoms. The largest absolute Gasteiger partial charge is 0.356 e. The average molecular weight is 421 g/mol. The molecule has 2 heterocycles. The number of aromatic nitrogens is 2. The summed E-state index contributed by atoms with van der Waals surface area (Å²) in [4.78, 5) is 24.1. The lowest BCUT2D eigenvalue weighted by atomic mass is 9.95. The lowest BCUT2D eigenvalue weighted by Crippen LogP contribution is -2.38. The Morgan fingerprint density at radius 3 is 2.50 bits per heavy atom. The van der Waals surface area contributed by atoms with Gasteiger partial charge in [-0.05, 0) is 50.5 Å². The molecule has 0 atom stereocenters. The van der Waals surface area contributed by atoms with Crippen LogP contribution in [0.1, 0.15) is 24.0 Å². The van der Waals surface area contributed by atoms with Crippen molar-refractivity contribution < 1.29 is 4.79 Å².